The van der Waals surface area contributed by atoms with Gasteiger partial charge in [-0.05, 0) is 11.6 Å². The van der Waals surface area contributed by atoms with Gasteiger partial charge >= 0.3 is 0 Å². The molecule has 0 amide bonds. The molecule has 0 saturated carbocycles. The molecule has 0 aliphatic carbocycles. The van der Waals surface area contributed by atoms with Crippen molar-refractivity contribution in [3.05, 3.63) is 28.9 Å². The molecule has 0 saturated heterocycles. The molecule has 2 rings (SSSR count). The molecule has 3 nitrogen and oxygen atoms in total. The Labute approximate surface area is 93.6 Å². The summed E-state index contributed by atoms with van der Waals surface area (Å²) < 4.78 is 0. The first-order valence-corrected chi connectivity index (χ1v) is 5.27. The van der Waals surface area contributed by atoms with E-state index < -0.39 is 0 Å². The fraction of sp³-hybridized carbons (Fsp3) is 0.364. The summed E-state index contributed by atoms with van der Waals surface area (Å²) in [5.41, 5.74) is 7.72. The Morgan fingerprint density at radius 3 is 2.87 bits per heavy atom. The molecule has 3 N–H and O–H groups in total. The highest BCUT2D eigenvalue weighted by atomic mass is 35.5. The van der Waals surface area contributed by atoms with Crippen molar-refractivity contribution in [2.75, 3.05) is 6.54 Å². The normalized spacial score (nSPS) is 12.3. The van der Waals surface area contributed by atoms with Gasteiger partial charge in [0.25, 0.3) is 0 Å². The van der Waals surface area contributed by atoms with Gasteiger partial charge in [0.1, 0.15) is 5.15 Å². The van der Waals surface area contributed by atoms with Crippen LogP contribution in [-0.2, 0) is 5.41 Å². The van der Waals surface area contributed by atoms with E-state index in [0.717, 1.165) is 16.5 Å². The van der Waals surface area contributed by atoms with E-state index in [1.807, 2.05) is 18.2 Å². The lowest BCUT2D eigenvalue weighted by Crippen LogP contribution is -2.28. The molecule has 15 heavy (non-hydrogen) atoms. The maximum absolute atomic E-state index is 5.99. The number of fused-ring (bicyclic) bond motifs is 1. The van der Waals surface area contributed by atoms with Crippen molar-refractivity contribution < 1.29 is 0 Å². The van der Waals surface area contributed by atoms with Crippen LogP contribution < -0.4 is 5.73 Å². The van der Waals surface area contributed by atoms with Gasteiger partial charge in [-0.25, -0.2) is 0 Å². The quantitative estimate of drug-likeness (QED) is 0.822. The third-order valence-electron chi connectivity index (χ3n) is 2.78. The first-order valence-electron chi connectivity index (χ1n) is 4.89. The van der Waals surface area contributed by atoms with E-state index >= 15 is 0 Å². The minimum Gasteiger partial charge on any atom is -0.330 e. The third kappa shape index (κ3) is 1.62. The van der Waals surface area contributed by atoms with Gasteiger partial charge in [-0.3, -0.25) is 5.10 Å². The second-order valence-corrected chi connectivity index (χ2v) is 4.71. The molecule has 0 aliphatic heterocycles. The molecule has 80 valence electrons. The Kier molecular flexibility index (Phi) is 2.44. The summed E-state index contributed by atoms with van der Waals surface area (Å²) in [6.45, 7) is 4.78. The Morgan fingerprint density at radius 1 is 1.47 bits per heavy atom. The van der Waals surface area contributed by atoms with Crippen molar-refractivity contribution in [2.45, 2.75) is 19.3 Å². The first kappa shape index (κ1) is 10.5. The summed E-state index contributed by atoms with van der Waals surface area (Å²) in [6, 6.07) is 5.99. The van der Waals surface area contributed by atoms with Gasteiger partial charge in [-0.15, -0.1) is 0 Å². The Balaban J connectivity index is 2.71. The molecule has 0 radical (unpaired) electrons. The van der Waals surface area contributed by atoms with Crippen molar-refractivity contribution in [3.8, 4) is 0 Å². The van der Waals surface area contributed by atoms with Crippen LogP contribution in [0.15, 0.2) is 18.2 Å². The highest BCUT2D eigenvalue weighted by Gasteiger charge is 2.22. The van der Waals surface area contributed by atoms with E-state index in [1.54, 1.807) is 0 Å². The fourth-order valence-corrected chi connectivity index (χ4v) is 1.86. The van der Waals surface area contributed by atoms with Gasteiger partial charge in [-0.2, -0.15) is 5.10 Å². The van der Waals surface area contributed by atoms with E-state index in [-0.39, 0.29) is 5.41 Å². The predicted molar refractivity (Wildman–Crippen MR) is 63.2 cm³/mol. The van der Waals surface area contributed by atoms with Crippen LogP contribution in [0.5, 0.6) is 0 Å². The van der Waals surface area contributed by atoms with Gasteiger partial charge in [-0.1, -0.05) is 37.6 Å². The van der Waals surface area contributed by atoms with Crippen molar-refractivity contribution in [1.29, 1.82) is 0 Å². The maximum atomic E-state index is 5.99. The smallest absolute Gasteiger partial charge is 0.132 e. The van der Waals surface area contributed by atoms with Crippen LogP contribution in [0.25, 0.3) is 10.9 Å². The topological polar surface area (TPSA) is 54.7 Å². The second kappa shape index (κ2) is 3.51. The van der Waals surface area contributed by atoms with Gasteiger partial charge in [0.05, 0.1) is 5.52 Å². The van der Waals surface area contributed by atoms with Crippen LogP contribution in [0.2, 0.25) is 5.15 Å². The predicted octanol–water partition coefficient (Wildman–Crippen LogP) is 2.45. The van der Waals surface area contributed by atoms with Crippen LogP contribution in [0, 0.1) is 0 Å². The summed E-state index contributed by atoms with van der Waals surface area (Å²) >= 11 is 5.99. The maximum Gasteiger partial charge on any atom is 0.132 e. The zero-order valence-corrected chi connectivity index (χ0v) is 9.60. The monoisotopic (exact) mass is 223 g/mol. The lowest BCUT2D eigenvalue weighted by atomic mass is 9.84. The molecule has 4 heteroatoms. The molecule has 1 aromatic heterocycles. The SMILES string of the molecule is CC(C)(CN)c1cccc2c(Cl)[nH]nc12. The Hall–Kier alpha value is -1.06. The number of rotatable bonds is 2. The summed E-state index contributed by atoms with van der Waals surface area (Å²) in [5, 5.41) is 8.55. The third-order valence-corrected chi connectivity index (χ3v) is 3.07. The zero-order valence-electron chi connectivity index (χ0n) is 8.84. The molecule has 0 atom stereocenters. The number of nitrogens with zero attached hydrogens (tertiary/aromatic N) is 1. The number of nitrogens with one attached hydrogen (secondary N) is 1. The standard InChI is InChI=1S/C11H14ClN3/c1-11(2,6-13)8-5-3-4-7-9(8)14-15-10(7)12/h3-5H,6,13H2,1-2H3,(H,14,15). The largest absolute Gasteiger partial charge is 0.330 e. The molecule has 1 aromatic carbocycles. The van der Waals surface area contributed by atoms with Crippen LogP contribution in [-0.4, -0.2) is 16.7 Å². The fourth-order valence-electron chi connectivity index (χ4n) is 1.66. The molecule has 0 spiro atoms. The number of hydrogen-bond acceptors (Lipinski definition) is 2. The number of nitrogens with two attached hydrogens (primary N) is 1. The minimum absolute atomic E-state index is 0.0853. The molecule has 0 fully saturated rings. The van der Waals surface area contributed by atoms with Crippen LogP contribution in [0.1, 0.15) is 19.4 Å². The molecule has 0 unspecified atom stereocenters. The molecule has 0 aliphatic rings. The number of aromatic amines is 1. The molecule has 2 aromatic rings. The van der Waals surface area contributed by atoms with Crippen molar-refractivity contribution in [2.24, 2.45) is 5.73 Å². The number of halogens is 1. The first-order chi connectivity index (χ1) is 7.06. The number of benzene rings is 1. The van der Waals surface area contributed by atoms with Crippen molar-refractivity contribution in [1.82, 2.24) is 10.2 Å². The number of aromatic nitrogens is 2. The van der Waals surface area contributed by atoms with Crippen LogP contribution >= 0.6 is 11.6 Å². The van der Waals surface area contributed by atoms with E-state index in [1.165, 1.54) is 0 Å². The number of H-pyrrole nitrogens is 1. The molecular weight excluding hydrogens is 210 g/mol. The highest BCUT2D eigenvalue weighted by molar-refractivity contribution is 6.34. The summed E-state index contributed by atoms with van der Waals surface area (Å²) in [5.74, 6) is 0. The summed E-state index contributed by atoms with van der Waals surface area (Å²) in [6.07, 6.45) is 0. The average Bonchev–Trinajstić information content (AvgIpc) is 2.60. The Morgan fingerprint density at radius 2 is 2.20 bits per heavy atom. The van der Waals surface area contributed by atoms with Crippen LogP contribution in [0.4, 0.5) is 0 Å². The van der Waals surface area contributed by atoms with E-state index in [2.05, 4.69) is 24.0 Å². The van der Waals surface area contributed by atoms with E-state index in [9.17, 15) is 0 Å². The van der Waals surface area contributed by atoms with Crippen molar-refractivity contribution >= 4 is 22.5 Å². The number of para-hydroxylation sites is 1. The number of hydrogen-bond donors (Lipinski definition) is 2. The lowest BCUT2D eigenvalue weighted by molar-refractivity contribution is 0.542. The lowest BCUT2D eigenvalue weighted by Gasteiger charge is -2.23. The second-order valence-electron chi connectivity index (χ2n) is 4.33. The highest BCUT2D eigenvalue weighted by Crippen LogP contribution is 2.30. The van der Waals surface area contributed by atoms with Gasteiger partial charge in [0.15, 0.2) is 0 Å². The van der Waals surface area contributed by atoms with Gasteiger partial charge in [0.2, 0.25) is 0 Å². The Bertz CT molecular complexity index is 488. The minimum atomic E-state index is -0.0853. The zero-order chi connectivity index (χ0) is 11.1. The molecule has 1 heterocycles. The van der Waals surface area contributed by atoms with Crippen LogP contribution in [0.3, 0.4) is 0 Å². The van der Waals surface area contributed by atoms with E-state index in [0.29, 0.717) is 11.7 Å². The summed E-state index contributed by atoms with van der Waals surface area (Å²) in [4.78, 5) is 0. The van der Waals surface area contributed by atoms with Crippen molar-refractivity contribution in [3.63, 3.8) is 0 Å². The van der Waals surface area contributed by atoms with Gasteiger partial charge in [0, 0.05) is 17.3 Å². The van der Waals surface area contributed by atoms with E-state index in [4.69, 9.17) is 17.3 Å². The summed E-state index contributed by atoms with van der Waals surface area (Å²) in [7, 11) is 0. The molecule has 0 bridgehead atoms. The molecular formula is C11H14ClN3. The average molecular weight is 224 g/mol. The van der Waals surface area contributed by atoms with Gasteiger partial charge < -0.3 is 5.73 Å².